The smallest absolute Gasteiger partial charge is 0.420 e. The van der Waals surface area contributed by atoms with Crippen LogP contribution in [-0.2, 0) is 4.79 Å². The van der Waals surface area contributed by atoms with Gasteiger partial charge in [0.05, 0.1) is 5.92 Å². The number of alkyl halides is 4. The van der Waals surface area contributed by atoms with Crippen LogP contribution in [0.15, 0.2) is 0 Å². The van der Waals surface area contributed by atoms with Crippen LogP contribution in [0.4, 0.5) is 17.6 Å². The van der Waals surface area contributed by atoms with Crippen LogP contribution in [0, 0.1) is 5.92 Å². The van der Waals surface area contributed by atoms with E-state index in [-0.39, 0.29) is 6.42 Å². The Morgan fingerprint density at radius 1 is 1.50 bits per heavy atom. The summed E-state index contributed by atoms with van der Waals surface area (Å²) in [7, 11) is 0. The average molecular weight is 188 g/mol. The van der Waals surface area contributed by atoms with Crippen molar-refractivity contribution < 1.29 is 27.5 Å². The number of hydrogen-bond donors (Lipinski definition) is 1. The van der Waals surface area contributed by atoms with E-state index < -0.39 is 24.2 Å². The quantitative estimate of drug-likeness (QED) is 0.687. The Kier molecular flexibility index (Phi) is 3.48. The molecule has 0 saturated heterocycles. The van der Waals surface area contributed by atoms with Gasteiger partial charge in [0.1, 0.15) is 0 Å². The van der Waals surface area contributed by atoms with E-state index in [0.717, 1.165) is 0 Å². The van der Waals surface area contributed by atoms with Crippen molar-refractivity contribution in [1.29, 1.82) is 0 Å². The van der Waals surface area contributed by atoms with Crippen molar-refractivity contribution in [3.05, 3.63) is 0 Å². The Balaban J connectivity index is 4.42. The van der Waals surface area contributed by atoms with Crippen molar-refractivity contribution >= 4 is 5.97 Å². The van der Waals surface area contributed by atoms with Crippen molar-refractivity contribution in [2.75, 3.05) is 0 Å². The van der Waals surface area contributed by atoms with Gasteiger partial charge in [0.15, 0.2) is 0 Å². The Morgan fingerprint density at radius 2 is 1.92 bits per heavy atom. The van der Waals surface area contributed by atoms with Crippen molar-refractivity contribution in [1.82, 2.24) is 0 Å². The van der Waals surface area contributed by atoms with Gasteiger partial charge in [-0.1, -0.05) is 6.92 Å². The van der Waals surface area contributed by atoms with E-state index in [1.54, 1.807) is 0 Å². The maximum absolute atomic E-state index is 12.3. The van der Waals surface area contributed by atoms with Crippen LogP contribution in [0.1, 0.15) is 13.3 Å². The number of carboxylic acids is 1. The molecule has 0 heterocycles. The first-order chi connectivity index (χ1) is 5.30. The van der Waals surface area contributed by atoms with Gasteiger partial charge in [0, 0.05) is 0 Å². The highest BCUT2D eigenvalue weighted by molar-refractivity contribution is 5.70. The lowest BCUT2D eigenvalue weighted by atomic mass is 10.0. The van der Waals surface area contributed by atoms with Crippen molar-refractivity contribution in [2.45, 2.75) is 25.7 Å². The van der Waals surface area contributed by atoms with E-state index in [1.165, 1.54) is 6.92 Å². The van der Waals surface area contributed by atoms with Crippen LogP contribution >= 0.6 is 0 Å². The zero-order valence-electron chi connectivity index (χ0n) is 6.23. The second-order valence-corrected chi connectivity index (χ2v) is 2.30. The summed E-state index contributed by atoms with van der Waals surface area (Å²) < 4.78 is 47.1. The first-order valence-electron chi connectivity index (χ1n) is 3.24. The molecular weight excluding hydrogens is 180 g/mol. The molecule has 0 aliphatic rings. The van der Waals surface area contributed by atoms with Gasteiger partial charge in [-0.15, -0.1) is 0 Å². The molecule has 2 atom stereocenters. The Bertz CT molecular complexity index is 165. The molecule has 0 rings (SSSR count). The third-order valence-corrected chi connectivity index (χ3v) is 1.42. The van der Waals surface area contributed by atoms with E-state index in [9.17, 15) is 22.4 Å². The van der Waals surface area contributed by atoms with Crippen LogP contribution in [0.25, 0.3) is 0 Å². The molecule has 0 spiro atoms. The number of aliphatic carboxylic acids is 1. The molecule has 0 aromatic carbocycles. The Morgan fingerprint density at radius 3 is 2.00 bits per heavy atom. The summed E-state index contributed by atoms with van der Waals surface area (Å²) in [6.07, 6.45) is -8.74. The van der Waals surface area contributed by atoms with Crippen molar-refractivity contribution in [3.63, 3.8) is 0 Å². The Labute approximate surface area is 66.2 Å². The van der Waals surface area contributed by atoms with E-state index in [2.05, 4.69) is 0 Å². The summed E-state index contributed by atoms with van der Waals surface area (Å²) in [6, 6.07) is 0. The molecule has 72 valence electrons. The standard InChI is InChI=1S/C6H8F4O2/c1-2-3(5(11)12)4(7)6(8,9)10/h3-4H,2H2,1H3,(H,11,12). The molecule has 6 heteroatoms. The summed E-state index contributed by atoms with van der Waals surface area (Å²) in [5, 5.41) is 8.17. The minimum Gasteiger partial charge on any atom is -0.481 e. The molecule has 2 nitrogen and oxygen atoms in total. The van der Waals surface area contributed by atoms with Crippen LogP contribution in [0.2, 0.25) is 0 Å². The second-order valence-electron chi connectivity index (χ2n) is 2.30. The average Bonchev–Trinajstić information content (AvgIpc) is 1.86. The van der Waals surface area contributed by atoms with Crippen LogP contribution in [-0.4, -0.2) is 23.4 Å². The molecule has 0 amide bonds. The van der Waals surface area contributed by atoms with Crippen LogP contribution in [0.5, 0.6) is 0 Å². The highest BCUT2D eigenvalue weighted by Crippen LogP contribution is 2.30. The molecule has 0 fully saturated rings. The zero-order chi connectivity index (χ0) is 9.94. The minimum atomic E-state index is -5.08. The number of rotatable bonds is 3. The van der Waals surface area contributed by atoms with E-state index >= 15 is 0 Å². The predicted molar refractivity (Wildman–Crippen MR) is 32.4 cm³/mol. The van der Waals surface area contributed by atoms with Crippen LogP contribution in [0.3, 0.4) is 0 Å². The molecule has 12 heavy (non-hydrogen) atoms. The van der Waals surface area contributed by atoms with Gasteiger partial charge in [-0.25, -0.2) is 4.39 Å². The zero-order valence-corrected chi connectivity index (χ0v) is 6.23. The van der Waals surface area contributed by atoms with Gasteiger partial charge in [-0.3, -0.25) is 4.79 Å². The minimum absolute atomic E-state index is 0.379. The van der Waals surface area contributed by atoms with E-state index in [4.69, 9.17) is 5.11 Å². The summed E-state index contributed by atoms with van der Waals surface area (Å²) in [5.74, 6) is -3.76. The maximum Gasteiger partial charge on any atom is 0.420 e. The lowest BCUT2D eigenvalue weighted by Crippen LogP contribution is -2.36. The fourth-order valence-corrected chi connectivity index (χ4v) is 0.735. The fourth-order valence-electron chi connectivity index (χ4n) is 0.735. The maximum atomic E-state index is 12.3. The topological polar surface area (TPSA) is 37.3 Å². The van der Waals surface area contributed by atoms with Gasteiger partial charge in [-0.05, 0) is 6.42 Å². The first kappa shape index (κ1) is 11.2. The summed E-state index contributed by atoms with van der Waals surface area (Å²) in [5.41, 5.74) is 0. The molecule has 0 aromatic heterocycles. The summed E-state index contributed by atoms with van der Waals surface area (Å²) >= 11 is 0. The van der Waals surface area contributed by atoms with Gasteiger partial charge >= 0.3 is 12.1 Å². The molecule has 0 aliphatic heterocycles. The summed E-state index contributed by atoms with van der Waals surface area (Å²) in [6.45, 7) is 1.19. The molecule has 0 aromatic rings. The van der Waals surface area contributed by atoms with Crippen molar-refractivity contribution in [3.8, 4) is 0 Å². The molecule has 0 aliphatic carbocycles. The molecule has 0 saturated carbocycles. The predicted octanol–water partition coefficient (Wildman–Crippen LogP) is 2.00. The SMILES string of the molecule is CCC(C(=O)O)C(F)C(F)(F)F. The number of carboxylic acid groups (broad SMARTS) is 1. The van der Waals surface area contributed by atoms with Crippen LogP contribution < -0.4 is 0 Å². The normalized spacial score (nSPS) is 17.1. The van der Waals surface area contributed by atoms with Gasteiger partial charge < -0.3 is 5.11 Å². The number of hydrogen-bond acceptors (Lipinski definition) is 1. The van der Waals surface area contributed by atoms with E-state index in [1.807, 2.05) is 0 Å². The third kappa shape index (κ3) is 2.67. The molecule has 1 N–H and O–H groups in total. The summed E-state index contributed by atoms with van der Waals surface area (Å²) in [4.78, 5) is 10.1. The fraction of sp³-hybridized carbons (Fsp3) is 0.833. The number of carbonyl (C=O) groups is 1. The van der Waals surface area contributed by atoms with Crippen molar-refractivity contribution in [2.24, 2.45) is 5.92 Å². The lowest BCUT2D eigenvalue weighted by Gasteiger charge is -2.17. The molecular formula is C6H8F4O2. The highest BCUT2D eigenvalue weighted by Gasteiger charge is 2.47. The largest absolute Gasteiger partial charge is 0.481 e. The van der Waals surface area contributed by atoms with E-state index in [0.29, 0.717) is 0 Å². The molecule has 0 radical (unpaired) electrons. The first-order valence-corrected chi connectivity index (χ1v) is 3.24. The van der Waals surface area contributed by atoms with Gasteiger partial charge in [0.25, 0.3) is 0 Å². The Hall–Kier alpha value is -0.810. The molecule has 2 unspecified atom stereocenters. The highest BCUT2D eigenvalue weighted by atomic mass is 19.4. The molecule has 0 bridgehead atoms. The second kappa shape index (κ2) is 3.73. The third-order valence-electron chi connectivity index (χ3n) is 1.42. The van der Waals surface area contributed by atoms with Gasteiger partial charge in [0.2, 0.25) is 6.17 Å². The van der Waals surface area contributed by atoms with Gasteiger partial charge in [-0.2, -0.15) is 13.2 Å². The number of halogens is 4. The lowest BCUT2D eigenvalue weighted by molar-refractivity contribution is -0.201. The monoisotopic (exact) mass is 188 g/mol.